The number of nitrogens with one attached hydrogen (secondary N) is 1. The molecule has 0 aliphatic carbocycles. The van der Waals surface area contributed by atoms with Gasteiger partial charge in [0.2, 0.25) is 0 Å². The molecular weight excluding hydrogens is 256 g/mol. The van der Waals surface area contributed by atoms with Crippen LogP contribution in [-0.4, -0.2) is 28.9 Å². The predicted octanol–water partition coefficient (Wildman–Crippen LogP) is 2.43. The Morgan fingerprint density at radius 3 is 2.50 bits per heavy atom. The third-order valence-electron chi connectivity index (χ3n) is 3.02. The Morgan fingerprint density at radius 2 is 1.85 bits per heavy atom. The summed E-state index contributed by atoms with van der Waals surface area (Å²) in [5.41, 5.74) is 5.64. The van der Waals surface area contributed by atoms with E-state index in [9.17, 15) is 4.79 Å². The molecule has 1 aromatic heterocycles. The standard InChI is InChI=1S/C15H18N2O3/c1-11-7-8-12(2)17(11)16-9-10-20-14-6-4-3-5-13(14)15(18)19/h3-8,16H,9-10H2,1-2H3,(H,18,19). The number of rotatable bonds is 6. The molecule has 1 heterocycles. The highest BCUT2D eigenvalue weighted by Gasteiger charge is 2.09. The van der Waals surface area contributed by atoms with Gasteiger partial charge in [-0.3, -0.25) is 4.68 Å². The van der Waals surface area contributed by atoms with Crippen molar-refractivity contribution in [3.8, 4) is 5.75 Å². The first-order valence-corrected chi connectivity index (χ1v) is 6.43. The first-order chi connectivity index (χ1) is 9.59. The molecule has 0 amide bonds. The molecule has 1 aromatic carbocycles. The summed E-state index contributed by atoms with van der Waals surface area (Å²) in [4.78, 5) is 11.0. The summed E-state index contributed by atoms with van der Waals surface area (Å²) >= 11 is 0. The second-order valence-corrected chi connectivity index (χ2v) is 4.51. The molecule has 2 rings (SSSR count). The van der Waals surface area contributed by atoms with E-state index in [1.165, 1.54) is 6.07 Å². The van der Waals surface area contributed by atoms with Gasteiger partial charge in [-0.15, -0.1) is 0 Å². The maximum atomic E-state index is 11.0. The second-order valence-electron chi connectivity index (χ2n) is 4.51. The summed E-state index contributed by atoms with van der Waals surface area (Å²) in [6.07, 6.45) is 0. The molecule has 0 saturated heterocycles. The molecular formula is C15H18N2O3. The highest BCUT2D eigenvalue weighted by atomic mass is 16.5. The van der Waals surface area contributed by atoms with Gasteiger partial charge in [-0.2, -0.15) is 0 Å². The fourth-order valence-corrected chi connectivity index (χ4v) is 2.01. The van der Waals surface area contributed by atoms with E-state index in [0.29, 0.717) is 18.9 Å². The Labute approximate surface area is 117 Å². The van der Waals surface area contributed by atoms with Crippen LogP contribution >= 0.6 is 0 Å². The normalized spacial score (nSPS) is 10.3. The van der Waals surface area contributed by atoms with Crippen molar-refractivity contribution in [1.82, 2.24) is 4.68 Å². The number of aryl methyl sites for hydroxylation is 2. The number of aromatic carboxylic acids is 1. The number of benzene rings is 1. The van der Waals surface area contributed by atoms with E-state index in [1.807, 2.05) is 30.7 Å². The van der Waals surface area contributed by atoms with Crippen LogP contribution in [0.2, 0.25) is 0 Å². The third-order valence-corrected chi connectivity index (χ3v) is 3.02. The highest BCUT2D eigenvalue weighted by Crippen LogP contribution is 2.17. The molecule has 2 N–H and O–H groups in total. The third kappa shape index (κ3) is 3.12. The molecule has 0 atom stereocenters. The largest absolute Gasteiger partial charge is 0.491 e. The lowest BCUT2D eigenvalue weighted by atomic mass is 10.2. The van der Waals surface area contributed by atoms with Crippen LogP contribution in [0.1, 0.15) is 21.7 Å². The molecule has 0 unspecified atom stereocenters. The Bertz CT molecular complexity index is 585. The van der Waals surface area contributed by atoms with Crippen molar-refractivity contribution in [3.63, 3.8) is 0 Å². The van der Waals surface area contributed by atoms with Gasteiger partial charge in [-0.25, -0.2) is 4.79 Å². The second kappa shape index (κ2) is 6.14. The SMILES string of the molecule is Cc1ccc(C)n1NCCOc1ccccc1C(=O)O. The quantitative estimate of drug-likeness (QED) is 0.794. The minimum Gasteiger partial charge on any atom is -0.491 e. The summed E-state index contributed by atoms with van der Waals surface area (Å²) in [6, 6.07) is 10.7. The van der Waals surface area contributed by atoms with Crippen molar-refractivity contribution in [2.75, 3.05) is 18.6 Å². The summed E-state index contributed by atoms with van der Waals surface area (Å²) < 4.78 is 7.50. The highest BCUT2D eigenvalue weighted by molar-refractivity contribution is 5.90. The van der Waals surface area contributed by atoms with Crippen LogP contribution in [0.4, 0.5) is 0 Å². The zero-order chi connectivity index (χ0) is 14.5. The summed E-state index contributed by atoms with van der Waals surface area (Å²) in [6.45, 7) is 5.01. The lowest BCUT2D eigenvalue weighted by molar-refractivity contribution is 0.0692. The van der Waals surface area contributed by atoms with E-state index in [4.69, 9.17) is 9.84 Å². The van der Waals surface area contributed by atoms with E-state index in [0.717, 1.165) is 11.4 Å². The zero-order valence-corrected chi connectivity index (χ0v) is 11.6. The fourth-order valence-electron chi connectivity index (χ4n) is 2.01. The van der Waals surface area contributed by atoms with Gasteiger partial charge in [0.1, 0.15) is 17.9 Å². The Kier molecular flexibility index (Phi) is 4.30. The van der Waals surface area contributed by atoms with E-state index < -0.39 is 5.97 Å². The van der Waals surface area contributed by atoms with E-state index in [2.05, 4.69) is 5.43 Å². The number of aromatic nitrogens is 1. The molecule has 0 aliphatic rings. The van der Waals surface area contributed by atoms with Gasteiger partial charge >= 0.3 is 5.97 Å². The van der Waals surface area contributed by atoms with Crippen LogP contribution in [-0.2, 0) is 0 Å². The average molecular weight is 274 g/mol. The lowest BCUT2D eigenvalue weighted by Gasteiger charge is -2.14. The fraction of sp³-hybridized carbons (Fsp3) is 0.267. The summed E-state index contributed by atoms with van der Waals surface area (Å²) in [7, 11) is 0. The lowest BCUT2D eigenvalue weighted by Crippen LogP contribution is -2.23. The summed E-state index contributed by atoms with van der Waals surface area (Å²) in [5, 5.41) is 9.05. The number of hydrogen-bond acceptors (Lipinski definition) is 3. The summed E-state index contributed by atoms with van der Waals surface area (Å²) in [5.74, 6) is -0.589. The van der Waals surface area contributed by atoms with Crippen molar-refractivity contribution < 1.29 is 14.6 Å². The van der Waals surface area contributed by atoms with Gasteiger partial charge in [-0.1, -0.05) is 12.1 Å². The van der Waals surface area contributed by atoms with Crippen molar-refractivity contribution in [2.24, 2.45) is 0 Å². The number of ether oxygens (including phenoxy) is 1. The minimum atomic E-state index is -0.981. The van der Waals surface area contributed by atoms with Crippen LogP contribution in [0.15, 0.2) is 36.4 Å². The zero-order valence-electron chi connectivity index (χ0n) is 11.6. The monoisotopic (exact) mass is 274 g/mol. The Balaban J connectivity index is 1.89. The number of carboxylic acid groups (broad SMARTS) is 1. The van der Waals surface area contributed by atoms with Gasteiger partial charge < -0.3 is 15.3 Å². The molecule has 20 heavy (non-hydrogen) atoms. The van der Waals surface area contributed by atoms with Crippen LogP contribution in [0.3, 0.4) is 0 Å². The van der Waals surface area contributed by atoms with Gasteiger partial charge in [-0.05, 0) is 38.1 Å². The van der Waals surface area contributed by atoms with Crippen LogP contribution in [0.25, 0.3) is 0 Å². The molecule has 0 bridgehead atoms. The molecule has 5 heteroatoms. The van der Waals surface area contributed by atoms with Crippen LogP contribution < -0.4 is 10.2 Å². The minimum absolute atomic E-state index is 0.181. The molecule has 0 fully saturated rings. The molecule has 0 saturated carbocycles. The molecule has 0 radical (unpaired) electrons. The van der Waals surface area contributed by atoms with E-state index in [1.54, 1.807) is 18.2 Å². The average Bonchev–Trinajstić information content (AvgIpc) is 2.75. The van der Waals surface area contributed by atoms with Crippen molar-refractivity contribution >= 4 is 5.97 Å². The first-order valence-electron chi connectivity index (χ1n) is 6.43. The molecule has 5 nitrogen and oxygen atoms in total. The number of para-hydroxylation sites is 1. The van der Waals surface area contributed by atoms with Gasteiger partial charge in [0.25, 0.3) is 0 Å². The molecule has 106 valence electrons. The smallest absolute Gasteiger partial charge is 0.339 e. The van der Waals surface area contributed by atoms with Gasteiger partial charge in [0.05, 0.1) is 6.54 Å². The topological polar surface area (TPSA) is 63.5 Å². The number of hydrogen-bond donors (Lipinski definition) is 2. The number of carboxylic acids is 1. The van der Waals surface area contributed by atoms with Crippen molar-refractivity contribution in [3.05, 3.63) is 53.3 Å². The molecule has 0 aliphatic heterocycles. The van der Waals surface area contributed by atoms with E-state index in [-0.39, 0.29) is 5.56 Å². The maximum Gasteiger partial charge on any atom is 0.339 e. The van der Waals surface area contributed by atoms with Crippen LogP contribution in [0, 0.1) is 13.8 Å². The first kappa shape index (κ1) is 14.0. The van der Waals surface area contributed by atoms with Crippen LogP contribution in [0.5, 0.6) is 5.75 Å². The Morgan fingerprint density at radius 1 is 1.20 bits per heavy atom. The van der Waals surface area contributed by atoms with Crippen molar-refractivity contribution in [1.29, 1.82) is 0 Å². The maximum absolute atomic E-state index is 11.0. The predicted molar refractivity (Wildman–Crippen MR) is 77.0 cm³/mol. The Hall–Kier alpha value is -2.43. The van der Waals surface area contributed by atoms with Gasteiger partial charge in [0.15, 0.2) is 0 Å². The van der Waals surface area contributed by atoms with Crippen molar-refractivity contribution in [2.45, 2.75) is 13.8 Å². The molecule has 0 spiro atoms. The molecule has 2 aromatic rings. The van der Waals surface area contributed by atoms with E-state index >= 15 is 0 Å². The number of nitrogens with zero attached hydrogens (tertiary/aromatic N) is 1. The number of carbonyl (C=O) groups is 1. The van der Waals surface area contributed by atoms with Gasteiger partial charge in [0, 0.05) is 11.4 Å².